The van der Waals surface area contributed by atoms with E-state index in [2.05, 4.69) is 77.9 Å². The minimum Gasteiger partial charge on any atom is -0.465 e. The Balaban J connectivity index is 1.25. The molecule has 3 aromatic rings. The molecule has 1 aliphatic carbocycles. The molecule has 0 unspecified atom stereocenters. The highest BCUT2D eigenvalue weighted by atomic mass is 16.5. The van der Waals surface area contributed by atoms with Gasteiger partial charge in [-0.15, -0.1) is 0 Å². The molecule has 39 heavy (non-hydrogen) atoms. The average Bonchev–Trinajstić information content (AvgIpc) is 3.37. The van der Waals surface area contributed by atoms with Crippen molar-refractivity contribution in [1.82, 2.24) is 4.90 Å². The number of carbonyl (C=O) groups excluding carboxylic acids is 2. The predicted molar refractivity (Wildman–Crippen MR) is 153 cm³/mol. The summed E-state index contributed by atoms with van der Waals surface area (Å²) in [6.07, 6.45) is 5.41. The molecule has 4 bridgehead atoms. The molecule has 2 fully saturated rings. The highest BCUT2D eigenvalue weighted by Gasteiger charge is 2.47. The predicted octanol–water partition coefficient (Wildman–Crippen LogP) is 6.28. The number of piperidine rings is 1. The van der Waals surface area contributed by atoms with Crippen LogP contribution in [-0.2, 0) is 19.7 Å². The number of rotatable bonds is 0. The molecule has 0 saturated carbocycles. The summed E-state index contributed by atoms with van der Waals surface area (Å²) >= 11 is 0. The number of amides is 1. The molecule has 200 valence electrons. The van der Waals surface area contributed by atoms with E-state index in [-0.39, 0.29) is 17.8 Å². The van der Waals surface area contributed by atoms with Crippen LogP contribution in [0.4, 0.5) is 5.69 Å². The molecular formula is C34H36N2O3. The lowest BCUT2D eigenvalue weighted by molar-refractivity contribution is -0.146. The van der Waals surface area contributed by atoms with E-state index in [1.807, 2.05) is 12.1 Å². The number of anilines is 1. The normalized spacial score (nSPS) is 27.9. The number of hydrogen-bond acceptors (Lipinski definition) is 4. The van der Waals surface area contributed by atoms with Crippen molar-refractivity contribution in [3.8, 4) is 11.1 Å². The highest BCUT2D eigenvalue weighted by Crippen LogP contribution is 2.54. The summed E-state index contributed by atoms with van der Waals surface area (Å²) in [6.45, 7) is 0.462. The molecule has 2 saturated heterocycles. The van der Waals surface area contributed by atoms with Crippen LogP contribution in [-0.4, -0.2) is 42.5 Å². The Morgan fingerprint density at radius 1 is 0.846 bits per heavy atom. The van der Waals surface area contributed by atoms with E-state index in [1.54, 1.807) is 0 Å². The van der Waals surface area contributed by atoms with Gasteiger partial charge in [-0.3, -0.25) is 9.59 Å². The molecule has 0 radical (unpaired) electrons. The molecule has 1 N–H and O–H groups in total. The van der Waals surface area contributed by atoms with Gasteiger partial charge in [-0.1, -0.05) is 60.7 Å². The fourth-order valence-corrected chi connectivity index (χ4v) is 8.21. The van der Waals surface area contributed by atoms with Crippen LogP contribution in [0.25, 0.3) is 11.1 Å². The maximum absolute atomic E-state index is 13.4. The van der Waals surface area contributed by atoms with Crippen molar-refractivity contribution in [2.45, 2.75) is 68.4 Å². The largest absolute Gasteiger partial charge is 0.465 e. The van der Waals surface area contributed by atoms with Gasteiger partial charge < -0.3 is 15.0 Å². The zero-order valence-corrected chi connectivity index (χ0v) is 22.6. The van der Waals surface area contributed by atoms with Gasteiger partial charge in [0.2, 0.25) is 5.91 Å². The molecule has 5 nitrogen and oxygen atoms in total. The van der Waals surface area contributed by atoms with E-state index < -0.39 is 5.41 Å². The summed E-state index contributed by atoms with van der Waals surface area (Å²) in [5.41, 5.74) is 6.55. The topological polar surface area (TPSA) is 58.6 Å². The molecule has 5 heteroatoms. The second-order valence-electron chi connectivity index (χ2n) is 12.0. The molecule has 1 amide bonds. The molecule has 3 aromatic carbocycles. The first-order valence-electron chi connectivity index (χ1n) is 14.5. The molecule has 4 heterocycles. The molecule has 0 aromatic heterocycles. The molecule has 1 spiro atoms. The summed E-state index contributed by atoms with van der Waals surface area (Å²) in [5.74, 6) is 0.496. The number of carbonyl (C=O) groups is 2. The van der Waals surface area contributed by atoms with Crippen molar-refractivity contribution in [3.05, 3.63) is 89.5 Å². The van der Waals surface area contributed by atoms with Crippen molar-refractivity contribution >= 4 is 17.6 Å². The Bertz CT molecular complexity index is 1370. The van der Waals surface area contributed by atoms with Gasteiger partial charge in [0.05, 0.1) is 6.61 Å². The molecular weight excluding hydrogens is 484 g/mol. The smallest absolute Gasteiger partial charge is 0.305 e. The van der Waals surface area contributed by atoms with Gasteiger partial charge in [0.15, 0.2) is 0 Å². The fraction of sp³-hybridized carbons (Fsp3) is 0.412. The van der Waals surface area contributed by atoms with Crippen molar-refractivity contribution < 1.29 is 14.3 Å². The van der Waals surface area contributed by atoms with E-state index in [9.17, 15) is 9.59 Å². The number of benzene rings is 3. The third kappa shape index (κ3) is 4.10. The van der Waals surface area contributed by atoms with Crippen molar-refractivity contribution in [2.24, 2.45) is 5.92 Å². The van der Waals surface area contributed by atoms with Crippen molar-refractivity contribution in [1.29, 1.82) is 0 Å². The second kappa shape index (κ2) is 9.63. The SMILES string of the molecule is CN1[C@H]2CC[C@@H]1[C@H]1COC(=O)CCC3(CCC(=O)Nc4ccc(cc4)[C@H]1C2)c1ccccc1-c1ccccc13. The third-order valence-electron chi connectivity index (χ3n) is 10.2. The van der Waals surface area contributed by atoms with E-state index >= 15 is 0 Å². The number of fused-ring (bicyclic) bond motifs is 14. The van der Waals surface area contributed by atoms with Gasteiger partial charge >= 0.3 is 5.97 Å². The first-order valence-corrected chi connectivity index (χ1v) is 14.5. The van der Waals surface area contributed by atoms with Crippen molar-refractivity contribution in [3.63, 3.8) is 0 Å². The molecule has 8 rings (SSSR count). The van der Waals surface area contributed by atoms with Gasteiger partial charge in [0.25, 0.3) is 0 Å². The minimum absolute atomic E-state index is 0.00821. The van der Waals surface area contributed by atoms with Crippen LogP contribution in [0, 0.1) is 5.92 Å². The first-order chi connectivity index (χ1) is 19.0. The van der Waals surface area contributed by atoms with Gasteiger partial charge in [-0.2, -0.15) is 0 Å². The van der Waals surface area contributed by atoms with Crippen LogP contribution in [0.3, 0.4) is 0 Å². The maximum atomic E-state index is 13.4. The Kier molecular flexibility index (Phi) is 6.07. The summed E-state index contributed by atoms with van der Waals surface area (Å²) in [4.78, 5) is 29.1. The third-order valence-corrected chi connectivity index (χ3v) is 10.2. The van der Waals surface area contributed by atoms with Gasteiger partial charge in [0.1, 0.15) is 0 Å². The zero-order chi connectivity index (χ0) is 26.6. The Hall–Kier alpha value is -3.44. The van der Waals surface area contributed by atoms with Crippen LogP contribution >= 0.6 is 0 Å². The second-order valence-corrected chi connectivity index (χ2v) is 12.0. The fourth-order valence-electron chi connectivity index (χ4n) is 8.21. The van der Waals surface area contributed by atoms with E-state index in [0.717, 1.165) is 18.5 Å². The lowest BCUT2D eigenvalue weighted by atomic mass is 9.71. The van der Waals surface area contributed by atoms with Crippen molar-refractivity contribution in [2.75, 3.05) is 19.0 Å². The lowest BCUT2D eigenvalue weighted by Crippen LogP contribution is -2.47. The van der Waals surface area contributed by atoms with E-state index in [4.69, 9.17) is 4.74 Å². The van der Waals surface area contributed by atoms with E-state index in [0.29, 0.717) is 50.3 Å². The number of esters is 1. The van der Waals surface area contributed by atoms with Gasteiger partial charge in [-0.25, -0.2) is 0 Å². The maximum Gasteiger partial charge on any atom is 0.305 e. The Labute approximate surface area is 230 Å². The Morgan fingerprint density at radius 2 is 1.51 bits per heavy atom. The van der Waals surface area contributed by atoms with Crippen LogP contribution in [0.15, 0.2) is 72.8 Å². The summed E-state index contributed by atoms with van der Waals surface area (Å²) < 4.78 is 6.11. The summed E-state index contributed by atoms with van der Waals surface area (Å²) in [7, 11) is 2.23. The highest BCUT2D eigenvalue weighted by molar-refractivity contribution is 5.91. The number of nitrogens with zero attached hydrogens (tertiary/aromatic N) is 1. The minimum atomic E-state index is -0.406. The first kappa shape index (κ1) is 24.6. The standard InChI is InChI=1S/C34H36N2O3/c1-36-24-14-15-31(36)28-21-39-33(38)17-19-34(29-8-4-2-6-25(29)26-7-3-5-9-30(26)34)18-16-32(37)35-23-12-10-22(11-13-23)27(28)20-24/h2-13,24,27-28,31H,14-21H2,1H3,(H,35,37)/t24-,27+,28-,31+/m0/s1. The quantitative estimate of drug-likeness (QED) is 0.355. The number of hydrogen-bond donors (Lipinski definition) is 1. The van der Waals surface area contributed by atoms with Crippen LogP contribution in [0.5, 0.6) is 0 Å². The zero-order valence-electron chi connectivity index (χ0n) is 22.6. The van der Waals surface area contributed by atoms with Crippen LogP contribution in [0.1, 0.15) is 67.6 Å². The van der Waals surface area contributed by atoms with Crippen LogP contribution in [0.2, 0.25) is 0 Å². The molecule has 5 aliphatic rings. The van der Waals surface area contributed by atoms with Crippen LogP contribution < -0.4 is 5.32 Å². The lowest BCUT2D eigenvalue weighted by Gasteiger charge is -2.43. The summed E-state index contributed by atoms with van der Waals surface area (Å²) in [6, 6.07) is 26.4. The monoisotopic (exact) mass is 520 g/mol. The van der Waals surface area contributed by atoms with Gasteiger partial charge in [0, 0.05) is 41.9 Å². The molecule has 4 atom stereocenters. The number of ether oxygens (including phenoxy) is 1. The Morgan fingerprint density at radius 3 is 2.23 bits per heavy atom. The average molecular weight is 521 g/mol. The number of nitrogens with one attached hydrogen (secondary N) is 1. The molecule has 4 aliphatic heterocycles. The van der Waals surface area contributed by atoms with E-state index in [1.165, 1.54) is 34.2 Å². The van der Waals surface area contributed by atoms with Gasteiger partial charge in [-0.05, 0) is 85.0 Å². The summed E-state index contributed by atoms with van der Waals surface area (Å²) in [5, 5.41) is 3.15.